The summed E-state index contributed by atoms with van der Waals surface area (Å²) < 4.78 is 25.2. The summed E-state index contributed by atoms with van der Waals surface area (Å²) in [5.74, 6) is 4.70. The van der Waals surface area contributed by atoms with Gasteiger partial charge in [0, 0.05) is 10.6 Å². The largest absolute Gasteiger partial charge is 0.320 e. The van der Waals surface area contributed by atoms with Gasteiger partial charge in [0.25, 0.3) is 0 Å². The molecule has 0 unspecified atom stereocenters. The van der Waals surface area contributed by atoms with Crippen LogP contribution < -0.4 is 10.5 Å². The Hall–Kier alpha value is -1.73. The van der Waals surface area contributed by atoms with Crippen molar-refractivity contribution in [1.29, 1.82) is 5.26 Å². The van der Waals surface area contributed by atoms with Crippen molar-refractivity contribution < 1.29 is 8.42 Å². The van der Waals surface area contributed by atoms with Crippen molar-refractivity contribution >= 4 is 27.3 Å². The van der Waals surface area contributed by atoms with E-state index in [1.807, 2.05) is 0 Å². The van der Waals surface area contributed by atoms with E-state index in [0.717, 1.165) is 0 Å². The van der Waals surface area contributed by atoms with Crippen molar-refractivity contribution in [2.24, 2.45) is 5.73 Å². The molecule has 94 valence electrons. The molecule has 0 amide bonds. The van der Waals surface area contributed by atoms with E-state index in [9.17, 15) is 8.42 Å². The monoisotopic (exact) mass is 283 g/mol. The normalized spacial score (nSPS) is 10.1. The SMILES string of the molecule is N#CCS(=O)(=O)Nc1cc(Cl)ccc1C#CCN. The number of sulfonamides is 1. The van der Waals surface area contributed by atoms with Crippen molar-refractivity contribution in [1.82, 2.24) is 0 Å². The van der Waals surface area contributed by atoms with Gasteiger partial charge in [-0.3, -0.25) is 4.72 Å². The van der Waals surface area contributed by atoms with E-state index in [0.29, 0.717) is 10.6 Å². The zero-order valence-electron chi connectivity index (χ0n) is 9.27. The molecule has 0 aliphatic carbocycles. The Morgan fingerprint density at radius 3 is 2.78 bits per heavy atom. The number of anilines is 1. The topological polar surface area (TPSA) is 96.0 Å². The molecule has 0 atom stereocenters. The van der Waals surface area contributed by atoms with Gasteiger partial charge in [-0.1, -0.05) is 23.4 Å². The summed E-state index contributed by atoms with van der Waals surface area (Å²) in [7, 11) is -3.72. The van der Waals surface area contributed by atoms with Crippen molar-refractivity contribution in [3.8, 4) is 17.9 Å². The lowest BCUT2D eigenvalue weighted by Crippen LogP contribution is -2.16. The minimum Gasteiger partial charge on any atom is -0.320 e. The molecule has 1 rings (SSSR count). The molecule has 1 aromatic carbocycles. The summed E-state index contributed by atoms with van der Waals surface area (Å²) in [4.78, 5) is 0. The zero-order chi connectivity index (χ0) is 13.6. The molecule has 0 bridgehead atoms. The van der Waals surface area contributed by atoms with Crippen LogP contribution in [0, 0.1) is 23.2 Å². The molecule has 1 aromatic rings. The number of rotatable bonds is 3. The maximum absolute atomic E-state index is 11.5. The van der Waals surface area contributed by atoms with Gasteiger partial charge in [-0.15, -0.1) is 0 Å². The van der Waals surface area contributed by atoms with Gasteiger partial charge in [-0.2, -0.15) is 5.26 Å². The van der Waals surface area contributed by atoms with Gasteiger partial charge in [0.1, 0.15) is 0 Å². The number of nitrogens with one attached hydrogen (secondary N) is 1. The summed E-state index contributed by atoms with van der Waals surface area (Å²) in [6, 6.07) is 6.16. The average molecular weight is 284 g/mol. The van der Waals surface area contributed by atoms with Crippen LogP contribution in [-0.2, 0) is 10.0 Å². The molecule has 0 fully saturated rings. The lowest BCUT2D eigenvalue weighted by molar-refractivity contribution is 0.604. The molecule has 0 radical (unpaired) electrons. The molecule has 0 saturated heterocycles. The number of hydrogen-bond donors (Lipinski definition) is 2. The molecule has 0 heterocycles. The van der Waals surface area contributed by atoms with Crippen molar-refractivity contribution in [2.45, 2.75) is 0 Å². The first-order valence-electron chi connectivity index (χ1n) is 4.84. The Kier molecular flexibility index (Phi) is 4.99. The highest BCUT2D eigenvalue weighted by molar-refractivity contribution is 7.92. The van der Waals surface area contributed by atoms with Crippen LogP contribution in [0.3, 0.4) is 0 Å². The number of hydrogen-bond acceptors (Lipinski definition) is 4. The summed E-state index contributed by atoms with van der Waals surface area (Å²) in [5, 5.41) is 8.77. The van der Waals surface area contributed by atoms with Crippen molar-refractivity contribution in [3.05, 3.63) is 28.8 Å². The van der Waals surface area contributed by atoms with Gasteiger partial charge in [-0.25, -0.2) is 8.42 Å². The minimum atomic E-state index is -3.72. The molecular weight excluding hydrogens is 274 g/mol. The van der Waals surface area contributed by atoms with E-state index in [1.165, 1.54) is 6.07 Å². The smallest absolute Gasteiger partial charge is 0.246 e. The summed E-state index contributed by atoms with van der Waals surface area (Å²) in [6.45, 7) is 0.160. The van der Waals surface area contributed by atoms with Crippen LogP contribution in [0.5, 0.6) is 0 Å². The molecule has 7 heteroatoms. The molecule has 18 heavy (non-hydrogen) atoms. The molecule has 0 saturated carbocycles. The van der Waals surface area contributed by atoms with Gasteiger partial charge in [0.2, 0.25) is 10.0 Å². The number of nitrogens with two attached hydrogens (primary N) is 1. The lowest BCUT2D eigenvalue weighted by atomic mass is 10.2. The molecular formula is C11H10ClN3O2S. The van der Waals surface area contributed by atoms with Crippen molar-refractivity contribution in [2.75, 3.05) is 17.0 Å². The molecule has 0 spiro atoms. The van der Waals surface area contributed by atoms with E-state index in [4.69, 9.17) is 22.6 Å². The third-order valence-electron chi connectivity index (χ3n) is 1.83. The van der Waals surface area contributed by atoms with E-state index < -0.39 is 15.8 Å². The highest BCUT2D eigenvalue weighted by Gasteiger charge is 2.12. The Balaban J connectivity index is 3.15. The molecule has 0 aliphatic rings. The zero-order valence-corrected chi connectivity index (χ0v) is 10.8. The number of nitriles is 1. The first-order valence-corrected chi connectivity index (χ1v) is 6.87. The van der Waals surface area contributed by atoms with Gasteiger partial charge >= 0.3 is 0 Å². The maximum atomic E-state index is 11.5. The quantitative estimate of drug-likeness (QED) is 0.806. The van der Waals surface area contributed by atoms with Gasteiger partial charge in [0.15, 0.2) is 5.75 Å². The summed E-state index contributed by atoms with van der Waals surface area (Å²) in [6.07, 6.45) is 0. The first kappa shape index (κ1) is 14.3. The van der Waals surface area contributed by atoms with Crippen LogP contribution in [-0.4, -0.2) is 20.7 Å². The summed E-state index contributed by atoms with van der Waals surface area (Å²) in [5.41, 5.74) is 5.94. The Morgan fingerprint density at radius 2 is 2.17 bits per heavy atom. The third-order valence-corrected chi connectivity index (χ3v) is 3.10. The van der Waals surface area contributed by atoms with Crippen LogP contribution in [0.25, 0.3) is 0 Å². The fraction of sp³-hybridized carbons (Fsp3) is 0.182. The predicted molar refractivity (Wildman–Crippen MR) is 70.4 cm³/mol. The second-order valence-electron chi connectivity index (χ2n) is 3.22. The van der Waals surface area contributed by atoms with Crippen molar-refractivity contribution in [3.63, 3.8) is 0 Å². The molecule has 5 nitrogen and oxygen atoms in total. The summed E-state index contributed by atoms with van der Waals surface area (Å²) >= 11 is 5.78. The predicted octanol–water partition coefficient (Wildman–Crippen LogP) is 0.915. The molecule has 3 N–H and O–H groups in total. The van der Waals surface area contributed by atoms with E-state index in [2.05, 4.69) is 16.6 Å². The van der Waals surface area contributed by atoms with Crippen LogP contribution in [0.4, 0.5) is 5.69 Å². The minimum absolute atomic E-state index is 0.160. The number of nitrogens with zero attached hydrogens (tertiary/aromatic N) is 1. The standard InChI is InChI=1S/C11H10ClN3O2S/c12-10-4-3-9(2-1-5-13)11(8-10)15-18(16,17)7-6-14/h3-4,8,15H,5,7,13H2. The second-order valence-corrected chi connectivity index (χ2v) is 5.37. The fourth-order valence-electron chi connectivity index (χ4n) is 1.14. The Morgan fingerprint density at radius 1 is 1.44 bits per heavy atom. The van der Waals surface area contributed by atoms with Gasteiger partial charge in [0.05, 0.1) is 18.3 Å². The Bertz CT molecular complexity index is 638. The highest BCUT2D eigenvalue weighted by atomic mass is 35.5. The van der Waals surface area contributed by atoms with Gasteiger partial charge in [-0.05, 0) is 18.2 Å². The third kappa shape index (κ3) is 4.27. The van der Waals surface area contributed by atoms with Crippen LogP contribution >= 0.6 is 11.6 Å². The van der Waals surface area contributed by atoms with Crippen LogP contribution in [0.2, 0.25) is 5.02 Å². The van der Waals surface area contributed by atoms with E-state index >= 15 is 0 Å². The van der Waals surface area contributed by atoms with Gasteiger partial charge < -0.3 is 5.73 Å². The fourth-order valence-corrected chi connectivity index (χ4v) is 2.06. The number of halogens is 1. The second kappa shape index (κ2) is 6.27. The average Bonchev–Trinajstić information content (AvgIpc) is 2.27. The lowest BCUT2D eigenvalue weighted by Gasteiger charge is -2.07. The van der Waals surface area contributed by atoms with E-state index in [1.54, 1.807) is 18.2 Å². The molecule has 0 aromatic heterocycles. The highest BCUT2D eigenvalue weighted by Crippen LogP contribution is 2.21. The maximum Gasteiger partial charge on any atom is 0.246 e. The van der Waals surface area contributed by atoms with Crippen LogP contribution in [0.1, 0.15) is 5.56 Å². The Labute approximate surface area is 111 Å². The molecule has 0 aliphatic heterocycles. The van der Waals surface area contributed by atoms with Crippen LogP contribution in [0.15, 0.2) is 18.2 Å². The number of benzene rings is 1. The van der Waals surface area contributed by atoms with E-state index in [-0.39, 0.29) is 12.2 Å². The first-order chi connectivity index (χ1) is 8.48.